The molecule has 1 aromatic heterocycles. The molecule has 70 valence electrons. The minimum absolute atomic E-state index is 0.242. The van der Waals surface area contributed by atoms with Gasteiger partial charge in [0.05, 0.1) is 6.26 Å². The number of allylic oxidation sites excluding steroid dienone is 6. The molecule has 0 unspecified atom stereocenters. The van der Waals surface area contributed by atoms with E-state index in [1.54, 1.807) is 24.5 Å². The van der Waals surface area contributed by atoms with Gasteiger partial charge in [-0.2, -0.15) is 0 Å². The van der Waals surface area contributed by atoms with Gasteiger partial charge in [-0.25, -0.2) is 0 Å². The lowest BCUT2D eigenvalue weighted by Gasteiger charge is -1.93. The molecule has 0 aliphatic heterocycles. The summed E-state index contributed by atoms with van der Waals surface area (Å²) in [6.45, 7) is 0. The van der Waals surface area contributed by atoms with E-state index in [4.69, 9.17) is 4.42 Å². The minimum atomic E-state index is 0.242. The van der Waals surface area contributed by atoms with E-state index in [9.17, 15) is 5.11 Å². The normalized spacial score (nSPS) is 14.4. The van der Waals surface area contributed by atoms with Crippen LogP contribution in [-0.2, 0) is 0 Å². The Bertz CT molecular complexity index is 403. The van der Waals surface area contributed by atoms with Crippen molar-refractivity contribution in [2.24, 2.45) is 0 Å². The zero-order valence-corrected chi connectivity index (χ0v) is 7.55. The Morgan fingerprint density at radius 1 is 1.29 bits per heavy atom. The Morgan fingerprint density at radius 3 is 2.71 bits per heavy atom. The van der Waals surface area contributed by atoms with Gasteiger partial charge in [-0.1, -0.05) is 24.3 Å². The third-order valence-corrected chi connectivity index (χ3v) is 1.91. The monoisotopic (exact) mass is 186 g/mol. The van der Waals surface area contributed by atoms with Crippen LogP contribution in [0.25, 0.3) is 6.08 Å². The van der Waals surface area contributed by atoms with Crippen LogP contribution in [0, 0.1) is 0 Å². The van der Waals surface area contributed by atoms with Crippen LogP contribution in [0.4, 0.5) is 0 Å². The maximum absolute atomic E-state index is 9.60. The average Bonchev–Trinajstić information content (AvgIpc) is 2.87. The van der Waals surface area contributed by atoms with E-state index >= 15 is 0 Å². The average molecular weight is 186 g/mol. The van der Waals surface area contributed by atoms with Crippen LogP contribution >= 0.6 is 0 Å². The second-order valence-corrected chi connectivity index (χ2v) is 2.91. The third-order valence-electron chi connectivity index (χ3n) is 1.91. The van der Waals surface area contributed by atoms with Gasteiger partial charge >= 0.3 is 0 Å². The van der Waals surface area contributed by atoms with E-state index < -0.39 is 0 Å². The lowest BCUT2D eigenvalue weighted by Crippen LogP contribution is -1.79. The van der Waals surface area contributed by atoms with E-state index in [-0.39, 0.29) is 5.76 Å². The Hall–Kier alpha value is -1.96. The minimum Gasteiger partial charge on any atom is -0.507 e. The SMILES string of the molecule is OC(/C=C/c1ccco1)=C1C=CC=C1. The van der Waals surface area contributed by atoms with Crippen LogP contribution in [0.1, 0.15) is 5.76 Å². The Morgan fingerprint density at radius 2 is 2.07 bits per heavy atom. The molecule has 1 heterocycles. The van der Waals surface area contributed by atoms with Gasteiger partial charge in [0.25, 0.3) is 0 Å². The summed E-state index contributed by atoms with van der Waals surface area (Å²) in [5.74, 6) is 0.967. The number of hydrogen-bond acceptors (Lipinski definition) is 2. The molecule has 0 saturated carbocycles. The highest BCUT2D eigenvalue weighted by Gasteiger charge is 1.98. The first-order valence-corrected chi connectivity index (χ1v) is 4.36. The molecule has 1 aliphatic carbocycles. The van der Waals surface area contributed by atoms with Gasteiger partial charge < -0.3 is 9.52 Å². The molecular weight excluding hydrogens is 176 g/mol. The van der Waals surface area contributed by atoms with Crippen LogP contribution in [0.5, 0.6) is 0 Å². The van der Waals surface area contributed by atoms with Crippen molar-refractivity contribution in [1.82, 2.24) is 0 Å². The van der Waals surface area contributed by atoms with Crippen molar-refractivity contribution in [3.8, 4) is 0 Å². The molecule has 0 radical (unpaired) electrons. The molecule has 0 amide bonds. The summed E-state index contributed by atoms with van der Waals surface area (Å²) in [5, 5.41) is 9.60. The summed E-state index contributed by atoms with van der Waals surface area (Å²) in [6, 6.07) is 3.63. The molecule has 0 saturated heterocycles. The van der Waals surface area contributed by atoms with Gasteiger partial charge in [0.2, 0.25) is 0 Å². The second kappa shape index (κ2) is 3.83. The Kier molecular flexibility index (Phi) is 2.36. The molecule has 0 aromatic carbocycles. The summed E-state index contributed by atoms with van der Waals surface area (Å²) in [4.78, 5) is 0. The number of aliphatic hydroxyl groups excluding tert-OH is 1. The molecule has 0 fully saturated rings. The molecular formula is C12H10O2. The van der Waals surface area contributed by atoms with Crippen LogP contribution in [0.2, 0.25) is 0 Å². The van der Waals surface area contributed by atoms with Crippen molar-refractivity contribution in [1.29, 1.82) is 0 Å². The quantitative estimate of drug-likeness (QED) is 0.719. The maximum Gasteiger partial charge on any atom is 0.126 e. The van der Waals surface area contributed by atoms with Crippen LogP contribution in [0.15, 0.2) is 64.5 Å². The van der Waals surface area contributed by atoms with Crippen molar-refractivity contribution in [3.63, 3.8) is 0 Å². The fourth-order valence-electron chi connectivity index (χ4n) is 1.19. The first-order valence-electron chi connectivity index (χ1n) is 4.36. The number of aliphatic hydroxyl groups is 1. The van der Waals surface area contributed by atoms with E-state index in [1.165, 1.54) is 0 Å². The van der Waals surface area contributed by atoms with Gasteiger partial charge in [-0.05, 0) is 24.3 Å². The van der Waals surface area contributed by atoms with E-state index in [0.717, 1.165) is 11.3 Å². The summed E-state index contributed by atoms with van der Waals surface area (Å²) in [7, 11) is 0. The molecule has 2 nitrogen and oxygen atoms in total. The van der Waals surface area contributed by atoms with E-state index in [2.05, 4.69) is 0 Å². The molecule has 0 spiro atoms. The highest BCUT2D eigenvalue weighted by molar-refractivity contribution is 5.51. The van der Waals surface area contributed by atoms with Crippen molar-refractivity contribution in [2.45, 2.75) is 0 Å². The Balaban J connectivity index is 2.15. The van der Waals surface area contributed by atoms with Crippen molar-refractivity contribution < 1.29 is 9.52 Å². The van der Waals surface area contributed by atoms with Crippen LogP contribution in [0.3, 0.4) is 0 Å². The standard InChI is InChI=1S/C12H10O2/c13-12(10-4-1-2-5-10)8-7-11-6-3-9-14-11/h1-9,13H/b8-7+. The highest BCUT2D eigenvalue weighted by Crippen LogP contribution is 2.13. The van der Waals surface area contributed by atoms with Gasteiger partial charge in [0, 0.05) is 5.57 Å². The summed E-state index contributed by atoms with van der Waals surface area (Å²) in [6.07, 6.45) is 12.4. The summed E-state index contributed by atoms with van der Waals surface area (Å²) in [5.41, 5.74) is 0.813. The highest BCUT2D eigenvalue weighted by atomic mass is 16.3. The smallest absolute Gasteiger partial charge is 0.126 e. The van der Waals surface area contributed by atoms with Crippen LogP contribution in [-0.4, -0.2) is 5.11 Å². The zero-order valence-electron chi connectivity index (χ0n) is 7.55. The first-order chi connectivity index (χ1) is 6.86. The van der Waals surface area contributed by atoms with Crippen molar-refractivity contribution >= 4 is 6.08 Å². The lowest BCUT2D eigenvalue weighted by atomic mass is 10.2. The fourth-order valence-corrected chi connectivity index (χ4v) is 1.19. The predicted molar refractivity (Wildman–Crippen MR) is 55.7 cm³/mol. The molecule has 2 rings (SSSR count). The first kappa shape index (κ1) is 8.63. The second-order valence-electron chi connectivity index (χ2n) is 2.91. The molecule has 2 heteroatoms. The van der Waals surface area contributed by atoms with Gasteiger partial charge in [0.1, 0.15) is 11.5 Å². The largest absolute Gasteiger partial charge is 0.507 e. The maximum atomic E-state index is 9.60. The number of rotatable bonds is 2. The molecule has 1 aromatic rings. The zero-order chi connectivity index (χ0) is 9.80. The summed E-state index contributed by atoms with van der Waals surface area (Å²) < 4.78 is 5.09. The van der Waals surface area contributed by atoms with Crippen molar-refractivity contribution in [2.75, 3.05) is 0 Å². The molecule has 0 atom stereocenters. The topological polar surface area (TPSA) is 33.4 Å². The molecule has 1 aliphatic rings. The lowest BCUT2D eigenvalue weighted by molar-refractivity contribution is 0.429. The number of hydrogen-bond donors (Lipinski definition) is 1. The number of furan rings is 1. The van der Waals surface area contributed by atoms with E-state index in [0.29, 0.717) is 0 Å². The fraction of sp³-hybridized carbons (Fsp3) is 0. The van der Waals surface area contributed by atoms with Gasteiger partial charge in [-0.3, -0.25) is 0 Å². The molecule has 1 N–H and O–H groups in total. The van der Waals surface area contributed by atoms with Gasteiger partial charge in [0.15, 0.2) is 0 Å². The predicted octanol–water partition coefficient (Wildman–Crippen LogP) is 3.23. The Labute approximate surface area is 82.2 Å². The molecule has 14 heavy (non-hydrogen) atoms. The summed E-state index contributed by atoms with van der Waals surface area (Å²) >= 11 is 0. The van der Waals surface area contributed by atoms with Gasteiger partial charge in [-0.15, -0.1) is 0 Å². The molecule has 0 bridgehead atoms. The van der Waals surface area contributed by atoms with Crippen molar-refractivity contribution in [3.05, 3.63) is 65.9 Å². The van der Waals surface area contributed by atoms with Crippen LogP contribution < -0.4 is 0 Å². The third kappa shape index (κ3) is 1.85. The van der Waals surface area contributed by atoms with E-state index in [1.807, 2.05) is 30.4 Å².